The predicted molar refractivity (Wildman–Crippen MR) is 138 cm³/mol. The molecule has 1 saturated heterocycles. The molecule has 39 heavy (non-hydrogen) atoms. The Hall–Kier alpha value is -3.91. The van der Waals surface area contributed by atoms with E-state index in [1.54, 1.807) is 25.1 Å². The number of carbonyl (C=O) groups is 2. The predicted octanol–water partition coefficient (Wildman–Crippen LogP) is 3.12. The quantitative estimate of drug-likeness (QED) is 0.555. The van der Waals surface area contributed by atoms with Crippen molar-refractivity contribution in [2.45, 2.75) is 31.7 Å². The minimum atomic E-state index is -4.86. The van der Waals surface area contributed by atoms with Gasteiger partial charge in [0.05, 0.1) is 0 Å². The molecule has 2 heterocycles. The van der Waals surface area contributed by atoms with E-state index in [2.05, 4.69) is 15.0 Å². The second kappa shape index (κ2) is 10.3. The molecule has 0 atom stereocenters. The average molecular weight is 566 g/mol. The number of nitrogens with two attached hydrogens (primary N) is 1. The van der Waals surface area contributed by atoms with Crippen LogP contribution in [0.4, 0.5) is 23.7 Å². The lowest BCUT2D eigenvalue weighted by molar-refractivity contribution is -0.274. The van der Waals surface area contributed by atoms with Crippen molar-refractivity contribution in [2.24, 2.45) is 10.7 Å². The zero-order chi connectivity index (χ0) is 28.6. The number of carbonyl (C=O) groups excluding carboxylic acids is 2. The van der Waals surface area contributed by atoms with Crippen LogP contribution in [0.5, 0.6) is 5.75 Å². The molecule has 4 rings (SSSR count). The zero-order valence-electron chi connectivity index (χ0n) is 21.0. The van der Waals surface area contributed by atoms with Gasteiger partial charge in [-0.3, -0.25) is 14.7 Å². The Morgan fingerprint density at radius 1 is 1.21 bits per heavy atom. The van der Waals surface area contributed by atoms with Crippen LogP contribution < -0.4 is 20.7 Å². The summed E-state index contributed by atoms with van der Waals surface area (Å²) in [4.78, 5) is 29.9. The van der Waals surface area contributed by atoms with E-state index >= 15 is 0 Å². The molecular formula is C25H26F3N5O5S. The fraction of sp³-hybridized carbons (Fsp3) is 0.320. The number of amidine groups is 1. The first-order valence-corrected chi connectivity index (χ1v) is 13.3. The van der Waals surface area contributed by atoms with Crippen LogP contribution in [0.1, 0.15) is 29.5 Å². The van der Waals surface area contributed by atoms with E-state index in [9.17, 15) is 31.2 Å². The van der Waals surface area contributed by atoms with Crippen LogP contribution in [0.2, 0.25) is 0 Å². The van der Waals surface area contributed by atoms with Gasteiger partial charge in [0.2, 0.25) is 10.0 Å². The van der Waals surface area contributed by atoms with E-state index in [4.69, 9.17) is 5.73 Å². The van der Waals surface area contributed by atoms with Gasteiger partial charge in [0.15, 0.2) is 0 Å². The molecule has 0 bridgehead atoms. The summed E-state index contributed by atoms with van der Waals surface area (Å²) in [5, 5.41) is 3.69. The van der Waals surface area contributed by atoms with Gasteiger partial charge >= 0.3 is 12.4 Å². The summed E-state index contributed by atoms with van der Waals surface area (Å²) in [7, 11) is -2.30. The molecule has 10 nitrogen and oxygen atoms in total. The van der Waals surface area contributed by atoms with Crippen molar-refractivity contribution in [3.8, 4) is 5.75 Å². The molecule has 0 radical (unpaired) electrons. The third-order valence-corrected chi connectivity index (χ3v) is 8.19. The molecule has 14 heteroatoms. The molecule has 0 aliphatic carbocycles. The van der Waals surface area contributed by atoms with Crippen LogP contribution >= 0.6 is 0 Å². The maximum Gasteiger partial charge on any atom is 0.573 e. The number of sulfonamides is 1. The number of anilines is 1. The number of urea groups is 1. The van der Waals surface area contributed by atoms with Gasteiger partial charge in [-0.2, -0.15) is 4.31 Å². The summed E-state index contributed by atoms with van der Waals surface area (Å²) in [5.74, 6) is -0.788. The lowest BCUT2D eigenvalue weighted by Crippen LogP contribution is -2.50. The SMILES string of the molecule is Cc1cc(N(C)C(N)=O)ccc1/C=C/S(=O)(=O)N1CCC2(CC1)N=C(c1cccc(OC(F)(F)F)c1)NC2=O. The van der Waals surface area contributed by atoms with E-state index in [0.29, 0.717) is 11.3 Å². The number of nitrogens with zero attached hydrogens (tertiary/aromatic N) is 3. The molecule has 2 aliphatic heterocycles. The van der Waals surface area contributed by atoms with E-state index in [1.165, 1.54) is 34.5 Å². The number of halogens is 3. The second-order valence-electron chi connectivity index (χ2n) is 9.21. The smallest absolute Gasteiger partial charge is 0.406 e. The number of piperidine rings is 1. The molecule has 1 spiro atoms. The number of ether oxygens (including phenoxy) is 1. The van der Waals surface area contributed by atoms with Gasteiger partial charge in [0.25, 0.3) is 5.91 Å². The van der Waals surface area contributed by atoms with Crippen molar-refractivity contribution >= 4 is 39.6 Å². The monoisotopic (exact) mass is 565 g/mol. The van der Waals surface area contributed by atoms with Crippen LogP contribution in [0, 0.1) is 6.92 Å². The van der Waals surface area contributed by atoms with E-state index in [1.807, 2.05) is 0 Å². The molecule has 3 amide bonds. The van der Waals surface area contributed by atoms with Crippen molar-refractivity contribution in [2.75, 3.05) is 25.0 Å². The number of primary amides is 1. The minimum Gasteiger partial charge on any atom is -0.406 e. The molecule has 0 unspecified atom stereocenters. The number of aryl methyl sites for hydroxylation is 1. The Labute approximate surface area is 223 Å². The maximum atomic E-state index is 13.0. The van der Waals surface area contributed by atoms with Gasteiger partial charge in [-0.05, 0) is 61.2 Å². The lowest BCUT2D eigenvalue weighted by Gasteiger charge is -2.34. The molecule has 0 saturated carbocycles. The Morgan fingerprint density at radius 2 is 1.90 bits per heavy atom. The highest BCUT2D eigenvalue weighted by atomic mass is 32.2. The van der Waals surface area contributed by atoms with Crippen molar-refractivity contribution in [3.05, 3.63) is 64.6 Å². The summed E-state index contributed by atoms with van der Waals surface area (Å²) in [5.41, 5.74) is 6.24. The van der Waals surface area contributed by atoms with Crippen molar-refractivity contribution in [1.29, 1.82) is 0 Å². The molecule has 2 aromatic rings. The fourth-order valence-corrected chi connectivity index (χ4v) is 5.55. The molecule has 2 aromatic carbocycles. The van der Waals surface area contributed by atoms with Crippen molar-refractivity contribution in [1.82, 2.24) is 9.62 Å². The first kappa shape index (κ1) is 28.1. The van der Waals surface area contributed by atoms with Gasteiger partial charge < -0.3 is 15.8 Å². The Bertz CT molecular complexity index is 1460. The number of hydrogen-bond acceptors (Lipinski definition) is 6. The zero-order valence-corrected chi connectivity index (χ0v) is 21.8. The summed E-state index contributed by atoms with van der Waals surface area (Å²) >= 11 is 0. The first-order chi connectivity index (χ1) is 18.2. The van der Waals surface area contributed by atoms with E-state index in [0.717, 1.165) is 23.1 Å². The molecule has 0 aromatic heterocycles. The van der Waals surface area contributed by atoms with Crippen LogP contribution in [0.15, 0.2) is 52.9 Å². The molecule has 2 aliphatic rings. The van der Waals surface area contributed by atoms with Gasteiger partial charge in [-0.25, -0.2) is 13.2 Å². The van der Waals surface area contributed by atoms with Crippen LogP contribution in [0.25, 0.3) is 6.08 Å². The summed E-state index contributed by atoms with van der Waals surface area (Å²) in [6, 6.07) is 9.51. The third-order valence-electron chi connectivity index (χ3n) is 6.62. The highest BCUT2D eigenvalue weighted by molar-refractivity contribution is 7.92. The maximum absolute atomic E-state index is 13.0. The lowest BCUT2D eigenvalue weighted by atomic mass is 9.89. The molecular weight excluding hydrogens is 539 g/mol. The van der Waals surface area contributed by atoms with Crippen molar-refractivity contribution in [3.63, 3.8) is 0 Å². The number of amides is 3. The second-order valence-corrected chi connectivity index (χ2v) is 11.0. The van der Waals surface area contributed by atoms with Crippen LogP contribution in [-0.4, -0.2) is 62.5 Å². The van der Waals surface area contributed by atoms with E-state index < -0.39 is 39.6 Å². The number of aliphatic imine (C=N–C) groups is 1. The molecule has 3 N–H and O–H groups in total. The average Bonchev–Trinajstić information content (AvgIpc) is 3.17. The van der Waals surface area contributed by atoms with Crippen LogP contribution in [0.3, 0.4) is 0 Å². The van der Waals surface area contributed by atoms with Crippen molar-refractivity contribution < 1.29 is 35.9 Å². The van der Waals surface area contributed by atoms with Gasteiger partial charge in [0.1, 0.15) is 17.1 Å². The van der Waals surface area contributed by atoms with E-state index in [-0.39, 0.29) is 37.3 Å². The van der Waals surface area contributed by atoms with Crippen LogP contribution in [-0.2, 0) is 14.8 Å². The first-order valence-electron chi connectivity index (χ1n) is 11.8. The molecule has 1 fully saturated rings. The molecule has 208 valence electrons. The topological polar surface area (TPSA) is 134 Å². The number of benzene rings is 2. The number of alkyl halides is 3. The normalized spacial score (nSPS) is 17.8. The van der Waals surface area contributed by atoms with Gasteiger partial charge in [0, 0.05) is 36.8 Å². The summed E-state index contributed by atoms with van der Waals surface area (Å²) in [6.07, 6.45) is -3.21. The summed E-state index contributed by atoms with van der Waals surface area (Å²) < 4.78 is 68.9. The standard InChI is InChI=1S/C25H26F3N5O5S/c1-16-14-19(32(2)23(29)35)7-6-17(16)8-13-39(36,37)33-11-9-24(10-12-33)22(34)30-21(31-24)18-4-3-5-20(15-18)38-25(26,27)28/h3-8,13-15H,9-12H2,1-2H3,(H2,29,35)(H,30,31,34)/b13-8+. The number of hydrogen-bond donors (Lipinski definition) is 2. The fourth-order valence-electron chi connectivity index (χ4n) is 4.37. The highest BCUT2D eigenvalue weighted by Gasteiger charge is 2.47. The highest BCUT2D eigenvalue weighted by Crippen LogP contribution is 2.33. The van der Waals surface area contributed by atoms with Gasteiger partial charge in [-0.15, -0.1) is 13.2 Å². The number of rotatable bonds is 6. The Kier molecular flexibility index (Phi) is 7.45. The Balaban J connectivity index is 1.45. The van der Waals surface area contributed by atoms with Gasteiger partial charge in [-0.1, -0.05) is 18.2 Å². The largest absolute Gasteiger partial charge is 0.573 e. The minimum absolute atomic E-state index is 0.0232. The Morgan fingerprint density at radius 3 is 2.51 bits per heavy atom. The number of nitrogens with one attached hydrogen (secondary N) is 1. The summed E-state index contributed by atoms with van der Waals surface area (Å²) in [6.45, 7) is 1.82. The third kappa shape index (κ3) is 6.23.